The molecule has 0 aliphatic carbocycles. The Kier molecular flexibility index (Phi) is 5.44. The first kappa shape index (κ1) is 18.3. The van der Waals surface area contributed by atoms with Gasteiger partial charge in [-0.15, -0.1) is 0 Å². The van der Waals surface area contributed by atoms with E-state index in [4.69, 9.17) is 23.2 Å². The van der Waals surface area contributed by atoms with E-state index in [9.17, 15) is 4.79 Å². The molecule has 2 N–H and O–H groups in total. The summed E-state index contributed by atoms with van der Waals surface area (Å²) >= 11 is 12.0. The van der Waals surface area contributed by atoms with Gasteiger partial charge in [-0.2, -0.15) is 0 Å². The van der Waals surface area contributed by atoms with Crippen LogP contribution in [0, 0.1) is 0 Å². The van der Waals surface area contributed by atoms with Crippen LogP contribution in [0.2, 0.25) is 10.0 Å². The predicted octanol–water partition coefficient (Wildman–Crippen LogP) is 4.43. The summed E-state index contributed by atoms with van der Waals surface area (Å²) in [5.74, 6) is -0.102. The second kappa shape index (κ2) is 6.84. The molecule has 3 nitrogen and oxygen atoms in total. The molecule has 1 aromatic carbocycles. The summed E-state index contributed by atoms with van der Waals surface area (Å²) in [6, 6.07) is 5.37. The van der Waals surface area contributed by atoms with Gasteiger partial charge in [-0.25, -0.2) is 0 Å². The van der Waals surface area contributed by atoms with Crippen molar-refractivity contribution in [1.29, 1.82) is 0 Å². The van der Waals surface area contributed by atoms with Crippen LogP contribution in [0.3, 0.4) is 0 Å². The maximum absolute atomic E-state index is 12.2. The molecule has 2 rings (SSSR count). The second-order valence-electron chi connectivity index (χ2n) is 7.51. The summed E-state index contributed by atoms with van der Waals surface area (Å²) < 4.78 is 0. The molecule has 1 fully saturated rings. The fourth-order valence-corrected chi connectivity index (χ4v) is 3.95. The summed E-state index contributed by atoms with van der Waals surface area (Å²) in [6.07, 6.45) is 5.04. The first-order valence-corrected chi connectivity index (χ1v) is 8.55. The highest BCUT2D eigenvalue weighted by Gasteiger charge is 2.37. The Bertz CT molecular complexity index is 607. The molecule has 1 saturated heterocycles. The smallest absolute Gasteiger partial charge is 0.244 e. The van der Waals surface area contributed by atoms with Gasteiger partial charge in [-0.05, 0) is 64.3 Å². The van der Waals surface area contributed by atoms with Gasteiger partial charge >= 0.3 is 0 Å². The monoisotopic (exact) mass is 354 g/mol. The Morgan fingerprint density at radius 2 is 1.83 bits per heavy atom. The molecule has 1 aromatic rings. The predicted molar refractivity (Wildman–Crippen MR) is 98.0 cm³/mol. The molecular formula is C18H24Cl2N2O. The Hall–Kier alpha value is -1.03. The molecule has 0 saturated carbocycles. The molecule has 23 heavy (non-hydrogen) atoms. The van der Waals surface area contributed by atoms with Crippen molar-refractivity contribution >= 4 is 35.2 Å². The molecule has 0 radical (unpaired) electrons. The summed E-state index contributed by atoms with van der Waals surface area (Å²) in [6.45, 7) is 8.65. The normalized spacial score (nSPS) is 20.6. The summed E-state index contributed by atoms with van der Waals surface area (Å²) in [5, 5.41) is 7.82. The zero-order chi connectivity index (χ0) is 17.3. The van der Waals surface area contributed by atoms with Crippen LogP contribution in [0.1, 0.15) is 46.1 Å². The Labute approximate surface area is 148 Å². The number of hydrogen-bond donors (Lipinski definition) is 2. The summed E-state index contributed by atoms with van der Waals surface area (Å²) in [4.78, 5) is 12.2. The minimum atomic E-state index is -0.102. The number of carbonyl (C=O) groups is 1. The van der Waals surface area contributed by atoms with Gasteiger partial charge in [0.2, 0.25) is 5.91 Å². The Morgan fingerprint density at radius 3 is 2.39 bits per heavy atom. The fraction of sp³-hybridized carbons (Fsp3) is 0.500. The standard InChI is InChI=1S/C18H24Cl2N2O/c1-17(2)10-14(11-18(3,4)22-17)21-16(23)8-6-12-5-7-13(19)9-15(12)20/h5-9,14,22H,10-11H2,1-4H3,(H,21,23)/b8-6+. The van der Waals surface area contributed by atoms with E-state index in [1.54, 1.807) is 24.3 Å². The van der Waals surface area contributed by atoms with Crippen LogP contribution in [0.25, 0.3) is 6.08 Å². The van der Waals surface area contributed by atoms with Crippen molar-refractivity contribution in [3.05, 3.63) is 39.9 Å². The van der Waals surface area contributed by atoms with Gasteiger partial charge in [-0.3, -0.25) is 4.79 Å². The van der Waals surface area contributed by atoms with Crippen molar-refractivity contribution in [2.75, 3.05) is 0 Å². The fourth-order valence-electron chi connectivity index (χ4n) is 3.48. The van der Waals surface area contributed by atoms with Crippen LogP contribution >= 0.6 is 23.2 Å². The van der Waals surface area contributed by atoms with Crippen LogP contribution in [-0.2, 0) is 4.79 Å². The lowest BCUT2D eigenvalue weighted by atomic mass is 9.79. The van der Waals surface area contributed by atoms with E-state index in [2.05, 4.69) is 38.3 Å². The molecule has 1 aliphatic heterocycles. The van der Waals surface area contributed by atoms with Crippen molar-refractivity contribution in [3.8, 4) is 0 Å². The highest BCUT2D eigenvalue weighted by Crippen LogP contribution is 2.28. The minimum Gasteiger partial charge on any atom is -0.350 e. The van der Waals surface area contributed by atoms with E-state index in [0.717, 1.165) is 18.4 Å². The maximum Gasteiger partial charge on any atom is 0.244 e. The van der Waals surface area contributed by atoms with Crippen LogP contribution in [0.5, 0.6) is 0 Å². The highest BCUT2D eigenvalue weighted by atomic mass is 35.5. The topological polar surface area (TPSA) is 41.1 Å². The third kappa shape index (κ3) is 5.52. The van der Waals surface area contributed by atoms with E-state index in [-0.39, 0.29) is 23.0 Å². The average Bonchev–Trinajstić information content (AvgIpc) is 2.33. The molecule has 1 heterocycles. The van der Waals surface area contributed by atoms with Crippen molar-refractivity contribution in [2.24, 2.45) is 0 Å². The summed E-state index contributed by atoms with van der Waals surface area (Å²) in [7, 11) is 0. The molecule has 1 amide bonds. The lowest BCUT2D eigenvalue weighted by Gasteiger charge is -2.46. The molecule has 126 valence electrons. The van der Waals surface area contributed by atoms with Gasteiger partial charge in [0.25, 0.3) is 0 Å². The number of amides is 1. The molecule has 0 spiro atoms. The zero-order valence-electron chi connectivity index (χ0n) is 14.0. The lowest BCUT2D eigenvalue weighted by molar-refractivity contribution is -0.117. The molecule has 1 aliphatic rings. The molecule has 5 heteroatoms. The van der Waals surface area contributed by atoms with Gasteiger partial charge in [0.15, 0.2) is 0 Å². The van der Waals surface area contributed by atoms with E-state index in [0.29, 0.717) is 10.0 Å². The Morgan fingerprint density at radius 1 is 1.22 bits per heavy atom. The van der Waals surface area contributed by atoms with Crippen LogP contribution in [-0.4, -0.2) is 23.0 Å². The largest absolute Gasteiger partial charge is 0.350 e. The third-order valence-corrected chi connectivity index (χ3v) is 4.48. The number of halogens is 2. The average molecular weight is 355 g/mol. The molecular weight excluding hydrogens is 331 g/mol. The molecule has 0 bridgehead atoms. The van der Waals surface area contributed by atoms with Crippen LogP contribution in [0.4, 0.5) is 0 Å². The number of carbonyl (C=O) groups excluding carboxylic acids is 1. The number of hydrogen-bond acceptors (Lipinski definition) is 2. The lowest BCUT2D eigenvalue weighted by Crippen LogP contribution is -2.62. The van der Waals surface area contributed by atoms with Crippen molar-refractivity contribution < 1.29 is 4.79 Å². The van der Waals surface area contributed by atoms with Gasteiger partial charge in [0, 0.05) is 33.2 Å². The number of rotatable bonds is 3. The van der Waals surface area contributed by atoms with Gasteiger partial charge < -0.3 is 10.6 Å². The molecule has 0 unspecified atom stereocenters. The first-order valence-electron chi connectivity index (χ1n) is 7.79. The number of benzene rings is 1. The van der Waals surface area contributed by atoms with Gasteiger partial charge in [0.05, 0.1) is 0 Å². The van der Waals surface area contributed by atoms with E-state index in [1.807, 2.05) is 0 Å². The molecule has 0 aromatic heterocycles. The van der Waals surface area contributed by atoms with Crippen LogP contribution in [0.15, 0.2) is 24.3 Å². The van der Waals surface area contributed by atoms with Crippen molar-refractivity contribution in [2.45, 2.75) is 57.7 Å². The zero-order valence-corrected chi connectivity index (χ0v) is 15.6. The van der Waals surface area contributed by atoms with E-state index >= 15 is 0 Å². The SMILES string of the molecule is CC1(C)CC(NC(=O)/C=C/c2ccc(Cl)cc2Cl)CC(C)(C)N1. The van der Waals surface area contributed by atoms with E-state index < -0.39 is 0 Å². The number of nitrogens with one attached hydrogen (secondary N) is 2. The minimum absolute atomic E-state index is 0.00288. The van der Waals surface area contributed by atoms with Crippen LogP contribution < -0.4 is 10.6 Å². The summed E-state index contributed by atoms with van der Waals surface area (Å²) in [5.41, 5.74) is 0.781. The van der Waals surface area contributed by atoms with Crippen molar-refractivity contribution in [3.63, 3.8) is 0 Å². The Balaban J connectivity index is 2.00. The number of piperidine rings is 1. The van der Waals surface area contributed by atoms with Gasteiger partial charge in [0.1, 0.15) is 0 Å². The second-order valence-corrected chi connectivity index (χ2v) is 8.35. The first-order chi connectivity index (χ1) is 10.6. The van der Waals surface area contributed by atoms with Crippen molar-refractivity contribution in [1.82, 2.24) is 10.6 Å². The highest BCUT2D eigenvalue weighted by molar-refractivity contribution is 6.35. The third-order valence-electron chi connectivity index (χ3n) is 3.91. The quantitative estimate of drug-likeness (QED) is 0.788. The molecule has 0 atom stereocenters. The van der Waals surface area contributed by atoms with Gasteiger partial charge in [-0.1, -0.05) is 29.3 Å². The maximum atomic E-state index is 12.2. The van der Waals surface area contributed by atoms with E-state index in [1.165, 1.54) is 6.08 Å².